The van der Waals surface area contributed by atoms with E-state index < -0.39 is 5.97 Å². The summed E-state index contributed by atoms with van der Waals surface area (Å²) in [6.45, 7) is 9.72. The Labute approximate surface area is 126 Å². The molecule has 5 heteroatoms. The predicted octanol–water partition coefficient (Wildman–Crippen LogP) is 2.77. The van der Waals surface area contributed by atoms with Gasteiger partial charge in [-0.25, -0.2) is 9.97 Å². The van der Waals surface area contributed by atoms with Gasteiger partial charge in [0.15, 0.2) is 0 Å². The number of rotatable bonds is 4. The summed E-state index contributed by atoms with van der Waals surface area (Å²) in [5.74, 6) is 1.07. The second kappa shape index (κ2) is 6.41. The highest BCUT2D eigenvalue weighted by molar-refractivity contribution is 5.71. The van der Waals surface area contributed by atoms with Gasteiger partial charge in [-0.15, -0.1) is 0 Å². The Morgan fingerprint density at radius 1 is 1.43 bits per heavy atom. The molecular formula is C16H25N3O2. The third kappa shape index (κ3) is 3.34. The Morgan fingerprint density at radius 3 is 2.71 bits per heavy atom. The topological polar surface area (TPSA) is 66.3 Å². The molecule has 1 aromatic rings. The zero-order chi connectivity index (χ0) is 15.6. The number of anilines is 1. The van der Waals surface area contributed by atoms with E-state index in [1.165, 1.54) is 0 Å². The molecule has 1 saturated heterocycles. The van der Waals surface area contributed by atoms with Crippen LogP contribution in [0.2, 0.25) is 0 Å². The van der Waals surface area contributed by atoms with Gasteiger partial charge in [-0.1, -0.05) is 20.8 Å². The Balaban J connectivity index is 2.38. The number of hydrogen-bond acceptors (Lipinski definition) is 4. The molecule has 1 aliphatic heterocycles. The van der Waals surface area contributed by atoms with E-state index in [1.807, 2.05) is 6.92 Å². The first-order chi connectivity index (χ1) is 9.93. The number of carbonyl (C=O) groups is 1. The lowest BCUT2D eigenvalue weighted by Crippen LogP contribution is -2.40. The summed E-state index contributed by atoms with van der Waals surface area (Å²) < 4.78 is 0. The van der Waals surface area contributed by atoms with Gasteiger partial charge in [-0.3, -0.25) is 4.79 Å². The van der Waals surface area contributed by atoms with E-state index in [2.05, 4.69) is 30.7 Å². The maximum absolute atomic E-state index is 11.3. The highest BCUT2D eigenvalue weighted by Gasteiger charge is 2.28. The zero-order valence-electron chi connectivity index (χ0n) is 13.4. The molecule has 0 aliphatic carbocycles. The molecule has 0 radical (unpaired) electrons. The first-order valence-corrected chi connectivity index (χ1v) is 7.79. The smallest absolute Gasteiger partial charge is 0.308 e. The van der Waals surface area contributed by atoms with Crippen LogP contribution in [0.25, 0.3) is 0 Å². The Kier molecular flexibility index (Phi) is 4.80. The fraction of sp³-hybridized carbons (Fsp3) is 0.688. The number of aliphatic carboxylic acids is 1. The van der Waals surface area contributed by atoms with Gasteiger partial charge >= 0.3 is 5.97 Å². The lowest BCUT2D eigenvalue weighted by atomic mass is 9.97. The highest BCUT2D eigenvalue weighted by Crippen LogP contribution is 2.28. The van der Waals surface area contributed by atoms with Crippen molar-refractivity contribution < 1.29 is 9.90 Å². The molecule has 0 bridgehead atoms. The van der Waals surface area contributed by atoms with E-state index in [-0.39, 0.29) is 11.8 Å². The number of aromatic nitrogens is 2. The molecule has 1 aliphatic rings. The van der Waals surface area contributed by atoms with Gasteiger partial charge in [-0.05, 0) is 26.2 Å². The molecule has 0 saturated carbocycles. The highest BCUT2D eigenvalue weighted by atomic mass is 16.4. The summed E-state index contributed by atoms with van der Waals surface area (Å²) in [6, 6.07) is 0. The Bertz CT molecular complexity index is 528. The van der Waals surface area contributed by atoms with Gasteiger partial charge in [0, 0.05) is 30.3 Å². The van der Waals surface area contributed by atoms with Gasteiger partial charge in [0.2, 0.25) is 0 Å². The van der Waals surface area contributed by atoms with Crippen molar-refractivity contribution in [1.82, 2.24) is 9.97 Å². The van der Waals surface area contributed by atoms with E-state index in [0.29, 0.717) is 6.54 Å². The van der Waals surface area contributed by atoms with Gasteiger partial charge in [0.25, 0.3) is 0 Å². The molecule has 0 aromatic carbocycles. The van der Waals surface area contributed by atoms with Crippen molar-refractivity contribution in [1.29, 1.82) is 0 Å². The number of nitrogens with zero attached hydrogens (tertiary/aromatic N) is 3. The van der Waals surface area contributed by atoms with E-state index >= 15 is 0 Å². The van der Waals surface area contributed by atoms with Gasteiger partial charge in [-0.2, -0.15) is 0 Å². The maximum Gasteiger partial charge on any atom is 0.308 e. The fourth-order valence-corrected chi connectivity index (χ4v) is 2.91. The summed E-state index contributed by atoms with van der Waals surface area (Å²) in [7, 11) is 0. The van der Waals surface area contributed by atoms with Gasteiger partial charge in [0.05, 0.1) is 5.92 Å². The average molecular weight is 291 g/mol. The zero-order valence-corrected chi connectivity index (χ0v) is 13.4. The van der Waals surface area contributed by atoms with Crippen molar-refractivity contribution in [2.75, 3.05) is 18.0 Å². The minimum absolute atomic E-state index is 0.272. The SMILES string of the molecule is CCc1c(C)nc(C(C)C)nc1N1CCCC(C(=O)O)C1. The number of carboxylic acids is 1. The molecule has 1 aromatic heterocycles. The van der Waals surface area contributed by atoms with Crippen molar-refractivity contribution in [2.45, 2.75) is 52.9 Å². The number of aryl methyl sites for hydroxylation is 1. The van der Waals surface area contributed by atoms with Gasteiger partial charge < -0.3 is 10.0 Å². The standard InChI is InChI=1S/C16H25N3O2/c1-5-13-11(4)17-14(10(2)3)18-15(13)19-8-6-7-12(9-19)16(20)21/h10,12H,5-9H2,1-4H3,(H,20,21). The van der Waals surface area contributed by atoms with Crippen molar-refractivity contribution >= 4 is 11.8 Å². The monoisotopic (exact) mass is 291 g/mol. The number of piperidine rings is 1. The van der Waals surface area contributed by atoms with Gasteiger partial charge in [0.1, 0.15) is 11.6 Å². The van der Waals surface area contributed by atoms with E-state index in [9.17, 15) is 9.90 Å². The third-order valence-corrected chi connectivity index (χ3v) is 4.15. The Hall–Kier alpha value is -1.65. The van der Waals surface area contributed by atoms with Crippen molar-refractivity contribution in [3.05, 3.63) is 17.1 Å². The summed E-state index contributed by atoms with van der Waals surface area (Å²) >= 11 is 0. The van der Waals surface area contributed by atoms with Crippen LogP contribution >= 0.6 is 0 Å². The van der Waals surface area contributed by atoms with Crippen molar-refractivity contribution in [2.24, 2.45) is 5.92 Å². The lowest BCUT2D eigenvalue weighted by molar-refractivity contribution is -0.141. The first-order valence-electron chi connectivity index (χ1n) is 7.79. The molecule has 2 heterocycles. The minimum Gasteiger partial charge on any atom is -0.481 e. The molecule has 116 valence electrons. The molecule has 1 fully saturated rings. The molecular weight excluding hydrogens is 266 g/mol. The van der Waals surface area contributed by atoms with Crippen LogP contribution in [0.5, 0.6) is 0 Å². The minimum atomic E-state index is -0.701. The number of carboxylic acid groups (broad SMARTS) is 1. The molecule has 2 rings (SSSR count). The third-order valence-electron chi connectivity index (χ3n) is 4.15. The molecule has 21 heavy (non-hydrogen) atoms. The van der Waals surface area contributed by atoms with E-state index in [1.54, 1.807) is 0 Å². The van der Waals surface area contributed by atoms with Crippen LogP contribution in [0.15, 0.2) is 0 Å². The van der Waals surface area contributed by atoms with Crippen molar-refractivity contribution in [3.8, 4) is 0 Å². The first kappa shape index (κ1) is 15.7. The maximum atomic E-state index is 11.3. The summed E-state index contributed by atoms with van der Waals surface area (Å²) in [4.78, 5) is 22.8. The molecule has 1 N–H and O–H groups in total. The molecule has 0 amide bonds. The number of hydrogen-bond donors (Lipinski definition) is 1. The van der Waals surface area contributed by atoms with Crippen molar-refractivity contribution in [3.63, 3.8) is 0 Å². The molecule has 5 nitrogen and oxygen atoms in total. The van der Waals surface area contributed by atoms with Crippen LogP contribution in [-0.4, -0.2) is 34.1 Å². The summed E-state index contributed by atoms with van der Waals surface area (Å²) in [5.41, 5.74) is 2.16. The summed E-state index contributed by atoms with van der Waals surface area (Å²) in [5, 5.41) is 9.27. The largest absolute Gasteiger partial charge is 0.481 e. The van der Waals surface area contributed by atoms with Crippen LogP contribution in [-0.2, 0) is 11.2 Å². The predicted molar refractivity (Wildman–Crippen MR) is 82.8 cm³/mol. The lowest BCUT2D eigenvalue weighted by Gasteiger charge is -2.33. The van der Waals surface area contributed by atoms with E-state index in [4.69, 9.17) is 4.98 Å². The van der Waals surface area contributed by atoms with Crippen LogP contribution in [0.1, 0.15) is 56.6 Å². The van der Waals surface area contributed by atoms with E-state index in [0.717, 1.165) is 48.7 Å². The van der Waals surface area contributed by atoms with Crippen LogP contribution in [0.4, 0.5) is 5.82 Å². The normalized spacial score (nSPS) is 19.1. The summed E-state index contributed by atoms with van der Waals surface area (Å²) in [6.07, 6.45) is 2.53. The quantitative estimate of drug-likeness (QED) is 0.924. The Morgan fingerprint density at radius 2 is 2.14 bits per heavy atom. The molecule has 1 atom stereocenters. The molecule has 1 unspecified atom stereocenters. The van der Waals surface area contributed by atoms with Crippen LogP contribution in [0, 0.1) is 12.8 Å². The molecule has 0 spiro atoms. The second-order valence-electron chi connectivity index (χ2n) is 6.10. The van der Waals surface area contributed by atoms with Crippen LogP contribution < -0.4 is 4.90 Å². The van der Waals surface area contributed by atoms with Crippen LogP contribution in [0.3, 0.4) is 0 Å². The average Bonchev–Trinajstić information content (AvgIpc) is 2.46. The second-order valence-corrected chi connectivity index (χ2v) is 6.10. The fourth-order valence-electron chi connectivity index (χ4n) is 2.91.